The van der Waals surface area contributed by atoms with E-state index in [-0.39, 0.29) is 37.6 Å². The van der Waals surface area contributed by atoms with Gasteiger partial charge in [0.25, 0.3) is 5.91 Å². The van der Waals surface area contributed by atoms with Crippen molar-refractivity contribution < 1.29 is 28.7 Å². The predicted octanol–water partition coefficient (Wildman–Crippen LogP) is 3.25. The monoisotopic (exact) mass is 600 g/mol. The molecule has 3 N–H and O–H groups in total. The molecule has 3 aromatic rings. The number of carbonyl (C=O) groups excluding carboxylic acids is 4. The topological polar surface area (TPSA) is 126 Å². The molecule has 0 spiro atoms. The summed E-state index contributed by atoms with van der Waals surface area (Å²) in [5.41, 5.74) is 2.16. The molecule has 232 valence electrons. The minimum atomic E-state index is -0.877. The van der Waals surface area contributed by atoms with Crippen molar-refractivity contribution >= 4 is 23.6 Å². The number of rotatable bonds is 5. The van der Waals surface area contributed by atoms with E-state index < -0.39 is 17.9 Å². The molecule has 2 bridgehead atoms. The maximum atomic E-state index is 13.4. The van der Waals surface area contributed by atoms with Crippen LogP contribution in [0.4, 0.5) is 0 Å². The zero-order valence-electron chi connectivity index (χ0n) is 25.1. The highest BCUT2D eigenvalue weighted by molar-refractivity contribution is 5.98. The van der Waals surface area contributed by atoms with E-state index >= 15 is 0 Å². The van der Waals surface area contributed by atoms with Gasteiger partial charge < -0.3 is 30.3 Å². The number of fused-ring (bicyclic) bond motifs is 2. The molecule has 4 amide bonds. The van der Waals surface area contributed by atoms with Crippen LogP contribution in [0.25, 0.3) is 0 Å². The summed E-state index contributed by atoms with van der Waals surface area (Å²) in [6.45, 7) is 1.62. The Labute approximate surface area is 258 Å². The smallest absolute Gasteiger partial charge is 0.252 e. The molecule has 0 saturated heterocycles. The predicted molar refractivity (Wildman–Crippen MR) is 166 cm³/mol. The summed E-state index contributed by atoms with van der Waals surface area (Å²) in [5, 5.41) is 8.60. The highest BCUT2D eigenvalue weighted by Crippen LogP contribution is 2.28. The Kier molecular flexibility index (Phi) is 12.2. The van der Waals surface area contributed by atoms with E-state index in [0.717, 1.165) is 11.1 Å². The van der Waals surface area contributed by atoms with Gasteiger partial charge in [-0.2, -0.15) is 0 Å². The lowest BCUT2D eigenvalue weighted by Gasteiger charge is -2.24. The molecule has 0 aliphatic carbocycles. The van der Waals surface area contributed by atoms with Gasteiger partial charge in [-0.25, -0.2) is 0 Å². The number of nitrogens with one attached hydrogen (secondary N) is 3. The number of ether oxygens (including phenoxy) is 2. The van der Waals surface area contributed by atoms with Crippen molar-refractivity contribution in [2.75, 3.05) is 33.4 Å². The standard InChI is InChI=1S/C34H40N4O6/c1-43-29-16-15-27-23-30(29)44-21-9-18-35-31(39)14-8-20-38(24-26-12-6-3-7-13-26)32(40)17-19-36-34(42)28(37-33(27)41)22-25-10-4-2-5-11-25/h2-7,10-13,15-16,23,28H,8-9,14,17-22,24H2,1H3,(H,35,39)(H,36,42)(H,37,41)/t28-/m0/s1. The van der Waals surface area contributed by atoms with E-state index in [4.69, 9.17) is 9.47 Å². The fraction of sp³-hybridized carbons (Fsp3) is 0.353. The lowest BCUT2D eigenvalue weighted by Crippen LogP contribution is -2.48. The van der Waals surface area contributed by atoms with Gasteiger partial charge in [0.05, 0.1) is 13.7 Å². The van der Waals surface area contributed by atoms with E-state index in [2.05, 4.69) is 16.0 Å². The van der Waals surface area contributed by atoms with Gasteiger partial charge in [0.15, 0.2) is 11.5 Å². The van der Waals surface area contributed by atoms with Gasteiger partial charge in [0, 0.05) is 51.0 Å². The first-order chi connectivity index (χ1) is 21.4. The number of hydrogen-bond acceptors (Lipinski definition) is 6. The summed E-state index contributed by atoms with van der Waals surface area (Å²) in [6, 6.07) is 23.0. The van der Waals surface area contributed by atoms with Crippen LogP contribution in [-0.4, -0.2) is 67.9 Å². The van der Waals surface area contributed by atoms with Crippen LogP contribution in [0.2, 0.25) is 0 Å². The summed E-state index contributed by atoms with van der Waals surface area (Å²) < 4.78 is 11.3. The molecule has 3 aromatic carbocycles. The first-order valence-corrected chi connectivity index (χ1v) is 14.9. The summed E-state index contributed by atoms with van der Waals surface area (Å²) in [6.07, 6.45) is 1.68. The Morgan fingerprint density at radius 2 is 1.57 bits per heavy atom. The first-order valence-electron chi connectivity index (χ1n) is 14.9. The van der Waals surface area contributed by atoms with Gasteiger partial charge >= 0.3 is 0 Å². The normalized spacial score (nSPS) is 17.8. The van der Waals surface area contributed by atoms with E-state index in [1.807, 2.05) is 60.7 Å². The third-order valence-electron chi connectivity index (χ3n) is 7.27. The Morgan fingerprint density at radius 1 is 0.841 bits per heavy atom. The van der Waals surface area contributed by atoms with Gasteiger partial charge in [-0.1, -0.05) is 60.7 Å². The van der Waals surface area contributed by atoms with Crippen molar-refractivity contribution in [1.82, 2.24) is 20.9 Å². The minimum absolute atomic E-state index is 0.0793. The second-order valence-electron chi connectivity index (χ2n) is 10.6. The second kappa shape index (κ2) is 16.7. The average Bonchev–Trinajstić information content (AvgIpc) is 3.04. The number of nitrogens with zero attached hydrogens (tertiary/aromatic N) is 1. The average molecular weight is 601 g/mol. The molecule has 0 unspecified atom stereocenters. The lowest BCUT2D eigenvalue weighted by molar-refractivity contribution is -0.132. The van der Waals surface area contributed by atoms with Crippen LogP contribution >= 0.6 is 0 Å². The number of methoxy groups -OCH3 is 1. The third kappa shape index (κ3) is 9.86. The molecule has 44 heavy (non-hydrogen) atoms. The van der Waals surface area contributed by atoms with Crippen LogP contribution in [0.3, 0.4) is 0 Å². The van der Waals surface area contributed by atoms with Gasteiger partial charge in [0.1, 0.15) is 6.04 Å². The van der Waals surface area contributed by atoms with Gasteiger partial charge in [0.2, 0.25) is 17.7 Å². The summed E-state index contributed by atoms with van der Waals surface area (Å²) in [7, 11) is 1.51. The highest BCUT2D eigenvalue weighted by atomic mass is 16.5. The van der Waals surface area contributed by atoms with E-state index in [0.29, 0.717) is 56.1 Å². The summed E-state index contributed by atoms with van der Waals surface area (Å²) in [4.78, 5) is 54.2. The molecule has 0 fully saturated rings. The number of amides is 4. The fourth-order valence-electron chi connectivity index (χ4n) is 4.90. The molecule has 1 heterocycles. The molecular weight excluding hydrogens is 560 g/mol. The van der Waals surface area contributed by atoms with Crippen molar-refractivity contribution in [2.24, 2.45) is 0 Å². The maximum absolute atomic E-state index is 13.4. The van der Waals surface area contributed by atoms with Crippen molar-refractivity contribution in [3.8, 4) is 11.5 Å². The van der Waals surface area contributed by atoms with Gasteiger partial charge in [-0.3, -0.25) is 19.2 Å². The zero-order chi connectivity index (χ0) is 31.1. The Balaban J connectivity index is 1.53. The molecule has 1 aliphatic rings. The van der Waals surface area contributed by atoms with E-state index in [9.17, 15) is 19.2 Å². The van der Waals surface area contributed by atoms with Crippen LogP contribution in [-0.2, 0) is 27.3 Å². The molecule has 10 heteroatoms. The second-order valence-corrected chi connectivity index (χ2v) is 10.6. The number of carbonyl (C=O) groups is 4. The van der Waals surface area contributed by atoms with Crippen molar-refractivity contribution in [3.63, 3.8) is 0 Å². The Hall–Kier alpha value is -4.86. The quantitative estimate of drug-likeness (QED) is 0.413. The van der Waals surface area contributed by atoms with Crippen LogP contribution in [0.15, 0.2) is 78.9 Å². The van der Waals surface area contributed by atoms with Crippen molar-refractivity contribution in [1.29, 1.82) is 0 Å². The molecular formula is C34H40N4O6. The molecule has 1 aliphatic heterocycles. The van der Waals surface area contributed by atoms with Crippen LogP contribution in [0.1, 0.15) is 47.2 Å². The molecule has 0 radical (unpaired) electrons. The molecule has 10 nitrogen and oxygen atoms in total. The van der Waals surface area contributed by atoms with E-state index in [1.54, 1.807) is 23.1 Å². The summed E-state index contributed by atoms with van der Waals surface area (Å²) in [5.74, 6) is -0.220. The molecule has 0 saturated carbocycles. The number of hydrogen-bond donors (Lipinski definition) is 3. The molecule has 0 aromatic heterocycles. The Bertz CT molecular complexity index is 1400. The lowest BCUT2D eigenvalue weighted by atomic mass is 10.0. The third-order valence-corrected chi connectivity index (χ3v) is 7.27. The number of benzene rings is 3. The van der Waals surface area contributed by atoms with Gasteiger partial charge in [-0.05, 0) is 42.2 Å². The van der Waals surface area contributed by atoms with E-state index in [1.165, 1.54) is 7.11 Å². The maximum Gasteiger partial charge on any atom is 0.252 e. The van der Waals surface area contributed by atoms with Crippen molar-refractivity contribution in [3.05, 3.63) is 95.6 Å². The summed E-state index contributed by atoms with van der Waals surface area (Å²) >= 11 is 0. The minimum Gasteiger partial charge on any atom is -0.493 e. The van der Waals surface area contributed by atoms with Crippen LogP contribution < -0.4 is 25.4 Å². The highest BCUT2D eigenvalue weighted by Gasteiger charge is 2.23. The van der Waals surface area contributed by atoms with Crippen molar-refractivity contribution in [2.45, 2.75) is 44.7 Å². The molecule has 1 atom stereocenters. The zero-order valence-corrected chi connectivity index (χ0v) is 25.1. The largest absolute Gasteiger partial charge is 0.493 e. The van der Waals surface area contributed by atoms with Crippen LogP contribution in [0, 0.1) is 0 Å². The molecule has 4 rings (SSSR count). The Morgan fingerprint density at radius 3 is 2.30 bits per heavy atom. The van der Waals surface area contributed by atoms with Crippen LogP contribution in [0.5, 0.6) is 11.5 Å². The first kappa shape index (κ1) is 32.1. The van der Waals surface area contributed by atoms with Gasteiger partial charge in [-0.15, -0.1) is 0 Å². The fourth-order valence-corrected chi connectivity index (χ4v) is 4.90. The SMILES string of the molecule is COc1ccc2cc1OCCCNC(=O)CCCN(Cc1ccccc1)C(=O)CCNC(=O)[C@H](Cc1ccccc1)NC2=O.